The van der Waals surface area contributed by atoms with Gasteiger partial charge < -0.3 is 4.90 Å². The Morgan fingerprint density at radius 3 is 2.08 bits per heavy atom. The van der Waals surface area contributed by atoms with Crippen LogP contribution in [0.25, 0.3) is 5.69 Å². The highest BCUT2D eigenvalue weighted by Crippen LogP contribution is 2.30. The smallest absolute Gasteiger partial charge is 0.273 e. The summed E-state index contributed by atoms with van der Waals surface area (Å²) in [6.07, 6.45) is 0. The fourth-order valence-corrected chi connectivity index (χ4v) is 6.93. The summed E-state index contributed by atoms with van der Waals surface area (Å²) in [7, 11) is 0. The van der Waals surface area contributed by atoms with Crippen molar-refractivity contribution in [3.8, 4) is 5.69 Å². The zero-order valence-corrected chi connectivity index (χ0v) is 23.9. The maximum atomic E-state index is 13.4. The second-order valence-electron chi connectivity index (χ2n) is 9.67. The average Bonchev–Trinajstić information content (AvgIpc) is 3.64. The number of hydrogen-bond acceptors (Lipinski definition) is 7. The largest absolute Gasteiger partial charge is 0.335 e. The number of para-hydroxylation sites is 1. The number of hydrogen-bond donors (Lipinski definition) is 0. The van der Waals surface area contributed by atoms with Crippen molar-refractivity contribution in [3.05, 3.63) is 124 Å². The summed E-state index contributed by atoms with van der Waals surface area (Å²) >= 11 is 3.10. The maximum absolute atomic E-state index is 13.4. The van der Waals surface area contributed by atoms with Crippen LogP contribution in [0.2, 0.25) is 0 Å². The fraction of sp³-hybridized carbons (Fsp3) is 0.226. The third-order valence-electron chi connectivity index (χ3n) is 7.10. The number of rotatable bonds is 8. The van der Waals surface area contributed by atoms with E-state index in [4.69, 9.17) is 4.98 Å². The number of amides is 1. The van der Waals surface area contributed by atoms with Crippen LogP contribution in [-0.2, 0) is 5.75 Å². The molecule has 6 rings (SSSR count). The SMILES string of the molecule is Cc1nnc(SCc2nc(C(=O)N3CCN(C(c4ccccc4)c4ccccc4)CC3)cs2)n1-c1ccccc1. The monoisotopic (exact) mass is 566 g/mol. The van der Waals surface area contributed by atoms with Crippen LogP contribution >= 0.6 is 23.1 Å². The number of aryl methyl sites for hydroxylation is 1. The number of benzene rings is 3. The van der Waals surface area contributed by atoms with Crippen molar-refractivity contribution in [2.45, 2.75) is 23.9 Å². The van der Waals surface area contributed by atoms with Gasteiger partial charge in [-0.05, 0) is 30.2 Å². The molecule has 0 bridgehead atoms. The van der Waals surface area contributed by atoms with Gasteiger partial charge in [0.2, 0.25) is 0 Å². The lowest BCUT2D eigenvalue weighted by atomic mass is 9.96. The lowest BCUT2D eigenvalue weighted by molar-refractivity contribution is 0.0592. The molecule has 0 unspecified atom stereocenters. The maximum Gasteiger partial charge on any atom is 0.273 e. The molecule has 1 aliphatic heterocycles. The molecule has 0 aliphatic carbocycles. The first-order chi connectivity index (χ1) is 19.7. The van der Waals surface area contributed by atoms with Gasteiger partial charge in [0.25, 0.3) is 5.91 Å². The Morgan fingerprint density at radius 1 is 0.850 bits per heavy atom. The minimum atomic E-state index is 0.00594. The summed E-state index contributed by atoms with van der Waals surface area (Å²) in [6, 6.07) is 31.5. The molecule has 1 amide bonds. The number of nitrogens with zero attached hydrogens (tertiary/aromatic N) is 6. The zero-order valence-electron chi connectivity index (χ0n) is 22.3. The topological polar surface area (TPSA) is 67.2 Å². The van der Waals surface area contributed by atoms with E-state index in [0.29, 0.717) is 24.5 Å². The summed E-state index contributed by atoms with van der Waals surface area (Å²) in [4.78, 5) is 22.5. The van der Waals surface area contributed by atoms with Crippen LogP contribution in [-0.4, -0.2) is 61.6 Å². The Labute approximate surface area is 242 Å². The zero-order chi connectivity index (χ0) is 27.3. The van der Waals surface area contributed by atoms with Gasteiger partial charge >= 0.3 is 0 Å². The molecule has 202 valence electrons. The molecule has 1 fully saturated rings. The van der Waals surface area contributed by atoms with E-state index in [1.807, 2.05) is 52.1 Å². The Hall–Kier alpha value is -3.79. The van der Waals surface area contributed by atoms with Gasteiger partial charge in [0, 0.05) is 37.2 Å². The molecule has 9 heteroatoms. The van der Waals surface area contributed by atoms with E-state index < -0.39 is 0 Å². The Balaban J connectivity index is 1.09. The van der Waals surface area contributed by atoms with Crippen LogP contribution in [0, 0.1) is 6.92 Å². The first-order valence-corrected chi connectivity index (χ1v) is 15.2. The highest BCUT2D eigenvalue weighted by molar-refractivity contribution is 7.98. The van der Waals surface area contributed by atoms with Crippen molar-refractivity contribution in [1.29, 1.82) is 0 Å². The molecule has 0 spiro atoms. The Morgan fingerprint density at radius 2 is 1.45 bits per heavy atom. The van der Waals surface area contributed by atoms with Crippen LogP contribution in [0.4, 0.5) is 0 Å². The van der Waals surface area contributed by atoms with Crippen LogP contribution in [0.3, 0.4) is 0 Å². The first kappa shape index (κ1) is 26.4. The Kier molecular flexibility index (Phi) is 8.04. The second kappa shape index (κ2) is 12.2. The van der Waals surface area contributed by atoms with E-state index in [1.54, 1.807) is 11.8 Å². The predicted octanol–water partition coefficient (Wildman–Crippen LogP) is 5.87. The molecule has 7 nitrogen and oxygen atoms in total. The number of thiazole rings is 1. The van der Waals surface area contributed by atoms with Gasteiger partial charge in [-0.15, -0.1) is 21.5 Å². The molecule has 1 saturated heterocycles. The van der Waals surface area contributed by atoms with Crippen molar-refractivity contribution in [3.63, 3.8) is 0 Å². The van der Waals surface area contributed by atoms with E-state index in [-0.39, 0.29) is 11.9 Å². The predicted molar refractivity (Wildman–Crippen MR) is 160 cm³/mol. The normalized spacial score (nSPS) is 14.1. The number of carbonyl (C=O) groups is 1. The van der Waals surface area contributed by atoms with E-state index >= 15 is 0 Å². The lowest BCUT2D eigenvalue weighted by Gasteiger charge is -2.39. The van der Waals surface area contributed by atoms with Crippen LogP contribution < -0.4 is 0 Å². The third-order valence-corrected chi connectivity index (χ3v) is 9.07. The average molecular weight is 567 g/mol. The standard InChI is InChI=1S/C31H30N6OS2/c1-23-33-34-31(37(23)26-15-9-4-10-16-26)40-22-28-32-27(21-39-28)30(38)36-19-17-35(18-20-36)29(24-11-5-2-6-12-24)25-13-7-3-8-14-25/h2-16,21,29H,17-20,22H2,1H3. The molecule has 0 saturated carbocycles. The summed E-state index contributed by atoms with van der Waals surface area (Å²) in [6.45, 7) is 4.92. The molecule has 5 aromatic rings. The van der Waals surface area contributed by atoms with Gasteiger partial charge in [0.1, 0.15) is 16.5 Å². The second-order valence-corrected chi connectivity index (χ2v) is 11.6. The molecule has 1 aliphatic rings. The van der Waals surface area contributed by atoms with Gasteiger partial charge in [-0.3, -0.25) is 14.3 Å². The Bertz CT molecular complexity index is 1510. The van der Waals surface area contributed by atoms with Crippen LogP contribution in [0.15, 0.2) is 102 Å². The highest BCUT2D eigenvalue weighted by Gasteiger charge is 2.29. The first-order valence-electron chi connectivity index (χ1n) is 13.4. The fourth-order valence-electron chi connectivity index (χ4n) is 5.14. The summed E-state index contributed by atoms with van der Waals surface area (Å²) < 4.78 is 2.04. The van der Waals surface area contributed by atoms with E-state index in [0.717, 1.165) is 34.8 Å². The van der Waals surface area contributed by atoms with Crippen LogP contribution in [0.5, 0.6) is 0 Å². The number of piperazine rings is 1. The quantitative estimate of drug-likeness (QED) is 0.219. The van der Waals surface area contributed by atoms with E-state index in [2.05, 4.69) is 75.8 Å². The van der Waals surface area contributed by atoms with Crippen molar-refractivity contribution in [2.24, 2.45) is 0 Å². The molecule has 0 N–H and O–H groups in total. The molecule has 3 aromatic carbocycles. The number of thioether (sulfide) groups is 1. The van der Waals surface area contributed by atoms with Gasteiger partial charge in [-0.2, -0.15) is 0 Å². The van der Waals surface area contributed by atoms with E-state index in [1.165, 1.54) is 22.5 Å². The number of carbonyl (C=O) groups excluding carboxylic acids is 1. The molecular formula is C31H30N6OS2. The minimum Gasteiger partial charge on any atom is -0.335 e. The molecule has 0 atom stereocenters. The van der Waals surface area contributed by atoms with Gasteiger partial charge in [-0.1, -0.05) is 90.6 Å². The highest BCUT2D eigenvalue weighted by atomic mass is 32.2. The van der Waals surface area contributed by atoms with Crippen molar-refractivity contribution in [1.82, 2.24) is 29.5 Å². The third kappa shape index (κ3) is 5.72. The van der Waals surface area contributed by atoms with Gasteiger partial charge in [0.05, 0.1) is 11.8 Å². The molecule has 3 heterocycles. The lowest BCUT2D eigenvalue weighted by Crippen LogP contribution is -2.50. The summed E-state index contributed by atoms with van der Waals surface area (Å²) in [5.41, 5.74) is 4.10. The summed E-state index contributed by atoms with van der Waals surface area (Å²) in [5.74, 6) is 1.48. The molecular weight excluding hydrogens is 537 g/mol. The van der Waals surface area contributed by atoms with E-state index in [9.17, 15) is 4.79 Å². The van der Waals surface area contributed by atoms with Gasteiger partial charge in [0.15, 0.2) is 5.16 Å². The molecule has 0 radical (unpaired) electrons. The van der Waals surface area contributed by atoms with Gasteiger partial charge in [-0.25, -0.2) is 4.98 Å². The minimum absolute atomic E-state index is 0.00594. The summed E-state index contributed by atoms with van der Waals surface area (Å²) in [5, 5.41) is 12.2. The van der Waals surface area contributed by atoms with Crippen molar-refractivity contribution >= 4 is 29.0 Å². The number of aromatic nitrogens is 4. The van der Waals surface area contributed by atoms with Crippen LogP contribution in [0.1, 0.15) is 38.5 Å². The molecule has 2 aromatic heterocycles. The molecule has 40 heavy (non-hydrogen) atoms. The van der Waals surface area contributed by atoms with Crippen molar-refractivity contribution < 1.29 is 4.79 Å². The van der Waals surface area contributed by atoms with Crippen molar-refractivity contribution in [2.75, 3.05) is 26.2 Å².